The number of esters is 1. The van der Waals surface area contributed by atoms with Crippen molar-refractivity contribution in [1.82, 2.24) is 4.98 Å². The molecule has 0 saturated carbocycles. The van der Waals surface area contributed by atoms with E-state index in [-0.39, 0.29) is 10.9 Å². The molecule has 0 aliphatic carbocycles. The maximum absolute atomic E-state index is 13.6. The molecule has 0 bridgehead atoms. The number of benzene rings is 1. The molecule has 1 heterocycles. The average Bonchev–Trinajstić information content (AvgIpc) is 2.56. The molecule has 0 N–H and O–H groups in total. The molecule has 1 aromatic heterocycles. The minimum absolute atomic E-state index is 0.178. The lowest BCUT2D eigenvalue weighted by Gasteiger charge is -2.12. The Kier molecular flexibility index (Phi) is 5.99. The van der Waals surface area contributed by atoms with Crippen LogP contribution in [-0.4, -0.2) is 17.1 Å². The normalized spacial score (nSPS) is 11.0. The van der Waals surface area contributed by atoms with Crippen LogP contribution in [0.25, 0.3) is 0 Å². The Morgan fingerprint density at radius 2 is 1.96 bits per heavy atom. The van der Waals surface area contributed by atoms with E-state index in [0.717, 1.165) is 6.07 Å². The maximum atomic E-state index is 13.6. The molecule has 0 amide bonds. The zero-order valence-corrected chi connectivity index (χ0v) is 13.6. The fourth-order valence-corrected chi connectivity index (χ4v) is 1.76. The van der Waals surface area contributed by atoms with Gasteiger partial charge in [0.05, 0.1) is 5.02 Å². The molecule has 5 nitrogen and oxygen atoms in total. The number of halogens is 2. The summed E-state index contributed by atoms with van der Waals surface area (Å²) in [6.45, 7) is 3.09. The Morgan fingerprint density at radius 1 is 1.29 bits per heavy atom. The van der Waals surface area contributed by atoms with Gasteiger partial charge in [-0.25, -0.2) is 14.2 Å². The van der Waals surface area contributed by atoms with E-state index in [1.807, 2.05) is 0 Å². The highest BCUT2D eigenvalue weighted by Gasteiger charge is 2.16. The summed E-state index contributed by atoms with van der Waals surface area (Å²) in [6, 6.07) is 7.34. The van der Waals surface area contributed by atoms with Gasteiger partial charge in [-0.1, -0.05) is 17.5 Å². The van der Waals surface area contributed by atoms with Crippen molar-refractivity contribution < 1.29 is 23.4 Å². The van der Waals surface area contributed by atoms with Gasteiger partial charge in [-0.15, -0.1) is 0 Å². The molecule has 0 radical (unpaired) electrons. The monoisotopic (exact) mass is 349 g/mol. The highest BCUT2D eigenvalue weighted by Crippen LogP contribution is 2.26. The molecule has 7 heteroatoms. The molecule has 1 atom stereocenters. The molecule has 2 aromatic rings. The Morgan fingerprint density at radius 3 is 2.58 bits per heavy atom. The minimum atomic E-state index is -0.826. The third kappa shape index (κ3) is 4.86. The van der Waals surface area contributed by atoms with Gasteiger partial charge in [-0.05, 0) is 37.3 Å². The molecule has 0 spiro atoms. The summed E-state index contributed by atoms with van der Waals surface area (Å²) in [6.07, 6.45) is 2.66. The number of pyridine rings is 1. The van der Waals surface area contributed by atoms with Crippen LogP contribution in [0.4, 0.5) is 4.39 Å². The largest absolute Gasteiger partial charge is 0.479 e. The van der Waals surface area contributed by atoms with Crippen molar-refractivity contribution in [3.05, 3.63) is 47.4 Å². The molecule has 0 saturated heterocycles. The standard InChI is InChI=1S/C17H13ClFNO4/c1-3-8-22-17(21)11(2)23-13-4-6-14(7-5-13)24-16-15(19)9-12(18)10-20-16/h4-7,9-11H,1-2H3. The molecule has 1 aromatic carbocycles. The van der Waals surface area contributed by atoms with Crippen LogP contribution in [0, 0.1) is 17.8 Å². The van der Waals surface area contributed by atoms with E-state index in [9.17, 15) is 9.18 Å². The van der Waals surface area contributed by atoms with Gasteiger partial charge in [-0.3, -0.25) is 0 Å². The first-order chi connectivity index (χ1) is 11.5. The van der Waals surface area contributed by atoms with Gasteiger partial charge >= 0.3 is 5.97 Å². The first-order valence-corrected chi connectivity index (χ1v) is 7.25. The van der Waals surface area contributed by atoms with Crippen molar-refractivity contribution in [3.8, 4) is 29.4 Å². The highest BCUT2D eigenvalue weighted by molar-refractivity contribution is 6.30. The molecular weight excluding hydrogens is 337 g/mol. The van der Waals surface area contributed by atoms with E-state index in [2.05, 4.69) is 21.7 Å². The van der Waals surface area contributed by atoms with Gasteiger partial charge < -0.3 is 14.2 Å². The number of ether oxygens (including phenoxy) is 3. The second-order valence-electron chi connectivity index (χ2n) is 4.55. The van der Waals surface area contributed by atoms with Crippen LogP contribution in [-0.2, 0) is 9.53 Å². The van der Waals surface area contributed by atoms with E-state index in [4.69, 9.17) is 21.1 Å². The molecule has 0 aliphatic rings. The summed E-state index contributed by atoms with van der Waals surface area (Å²) < 4.78 is 29.0. The van der Waals surface area contributed by atoms with Gasteiger partial charge in [0.15, 0.2) is 11.9 Å². The summed E-state index contributed by atoms with van der Waals surface area (Å²) in [5, 5.41) is 0.178. The summed E-state index contributed by atoms with van der Waals surface area (Å²) in [5.41, 5.74) is 0. The van der Waals surface area contributed by atoms with Crippen LogP contribution in [0.1, 0.15) is 13.8 Å². The van der Waals surface area contributed by atoms with Crippen molar-refractivity contribution in [1.29, 1.82) is 0 Å². The van der Waals surface area contributed by atoms with E-state index >= 15 is 0 Å². The lowest BCUT2D eigenvalue weighted by atomic mass is 10.3. The Balaban J connectivity index is 1.99. The number of hydrogen-bond acceptors (Lipinski definition) is 5. The van der Waals surface area contributed by atoms with E-state index in [1.165, 1.54) is 13.1 Å². The summed E-state index contributed by atoms with van der Waals surface area (Å²) >= 11 is 5.63. The van der Waals surface area contributed by atoms with E-state index in [0.29, 0.717) is 11.5 Å². The van der Waals surface area contributed by atoms with Crippen LogP contribution in [0.2, 0.25) is 5.02 Å². The van der Waals surface area contributed by atoms with Crippen LogP contribution in [0.3, 0.4) is 0 Å². The SMILES string of the molecule is CC#COC(=O)C(C)Oc1ccc(Oc2ncc(Cl)cc2F)cc1. The number of nitrogens with zero attached hydrogens (tertiary/aromatic N) is 1. The van der Waals surface area contributed by atoms with Crippen molar-refractivity contribution in [3.63, 3.8) is 0 Å². The quantitative estimate of drug-likeness (QED) is 0.604. The Hall–Kier alpha value is -2.78. The lowest BCUT2D eigenvalue weighted by molar-refractivity contribution is -0.143. The topological polar surface area (TPSA) is 57.7 Å². The highest BCUT2D eigenvalue weighted by atomic mass is 35.5. The van der Waals surface area contributed by atoms with Crippen molar-refractivity contribution in [2.75, 3.05) is 0 Å². The van der Waals surface area contributed by atoms with Crippen LogP contribution in [0.15, 0.2) is 36.5 Å². The predicted molar refractivity (Wildman–Crippen MR) is 85.4 cm³/mol. The van der Waals surface area contributed by atoms with Gasteiger partial charge in [0, 0.05) is 13.1 Å². The first kappa shape index (κ1) is 17.6. The van der Waals surface area contributed by atoms with Gasteiger partial charge in [-0.2, -0.15) is 0 Å². The number of rotatable bonds is 5. The molecular formula is C17H13ClFNO4. The fourth-order valence-electron chi connectivity index (χ4n) is 1.61. The molecule has 0 fully saturated rings. The number of carbonyl (C=O) groups excluding carboxylic acids is 1. The predicted octanol–water partition coefficient (Wildman–Crippen LogP) is 3.96. The third-order valence-electron chi connectivity index (χ3n) is 2.71. The summed E-state index contributed by atoms with van der Waals surface area (Å²) in [7, 11) is 0. The summed E-state index contributed by atoms with van der Waals surface area (Å²) in [4.78, 5) is 15.3. The smallest absolute Gasteiger partial charge is 0.360 e. The van der Waals surface area contributed by atoms with Crippen LogP contribution in [0.5, 0.6) is 17.4 Å². The molecule has 0 aliphatic heterocycles. The van der Waals surface area contributed by atoms with Gasteiger partial charge in [0.1, 0.15) is 17.6 Å². The maximum Gasteiger partial charge on any atom is 0.360 e. The van der Waals surface area contributed by atoms with E-state index < -0.39 is 17.9 Å². The van der Waals surface area contributed by atoms with Crippen LogP contribution < -0.4 is 9.47 Å². The molecule has 24 heavy (non-hydrogen) atoms. The molecule has 124 valence electrons. The zero-order valence-electron chi connectivity index (χ0n) is 12.9. The van der Waals surface area contributed by atoms with Crippen LogP contribution >= 0.6 is 11.6 Å². The Bertz CT molecular complexity index is 783. The van der Waals surface area contributed by atoms with Crippen molar-refractivity contribution in [2.24, 2.45) is 0 Å². The number of aromatic nitrogens is 1. The second kappa shape index (κ2) is 8.18. The van der Waals surface area contributed by atoms with Gasteiger partial charge in [0.2, 0.25) is 0 Å². The summed E-state index contributed by atoms with van der Waals surface area (Å²) in [5.74, 6) is 1.75. The number of carbonyl (C=O) groups is 1. The zero-order chi connectivity index (χ0) is 17.5. The number of hydrogen-bond donors (Lipinski definition) is 0. The first-order valence-electron chi connectivity index (χ1n) is 6.87. The van der Waals surface area contributed by atoms with Crippen molar-refractivity contribution >= 4 is 17.6 Å². The van der Waals surface area contributed by atoms with E-state index in [1.54, 1.807) is 31.2 Å². The van der Waals surface area contributed by atoms with Crippen molar-refractivity contribution in [2.45, 2.75) is 20.0 Å². The van der Waals surface area contributed by atoms with Gasteiger partial charge in [0.25, 0.3) is 5.88 Å². The molecule has 2 rings (SSSR count). The Labute approximate surface area is 143 Å². The third-order valence-corrected chi connectivity index (χ3v) is 2.92. The average molecular weight is 350 g/mol. The lowest BCUT2D eigenvalue weighted by Crippen LogP contribution is -2.24. The molecule has 1 unspecified atom stereocenters. The minimum Gasteiger partial charge on any atom is -0.479 e. The second-order valence-corrected chi connectivity index (χ2v) is 4.98. The fraction of sp³-hybridized carbons (Fsp3) is 0.176.